The highest BCUT2D eigenvalue weighted by atomic mass is 32.1. The molecule has 0 saturated carbocycles. The Morgan fingerprint density at radius 1 is 1.13 bits per heavy atom. The van der Waals surface area contributed by atoms with E-state index >= 15 is 0 Å². The number of pyridine rings is 2. The Bertz CT molecular complexity index is 1810. The lowest BCUT2D eigenvalue weighted by Crippen LogP contribution is -2.42. The molecule has 0 bridgehead atoms. The molecule has 14 heteroatoms. The fourth-order valence-corrected chi connectivity index (χ4v) is 6.93. The Labute approximate surface area is 277 Å². The largest absolute Gasteiger partial charge is 0.481 e. The van der Waals surface area contributed by atoms with Gasteiger partial charge in [-0.3, -0.25) is 29.5 Å². The summed E-state index contributed by atoms with van der Waals surface area (Å²) >= 11 is 1.67. The number of aromatic nitrogens is 5. The molecule has 1 fully saturated rings. The molecule has 2 aliphatic rings. The molecule has 1 atom stereocenters. The monoisotopic (exact) mass is 654 g/mol. The van der Waals surface area contributed by atoms with Crippen LogP contribution in [0, 0.1) is 11.3 Å². The molecule has 0 radical (unpaired) electrons. The standard InChI is InChI=1S/C33H38N10O3S/c1-4-43(27-9-6-24(34)31(38-27)30(35)22-5-10-28(46-3)36-17-22)33(45)23-11-14-41(18-23)19-29(44)42-15-12-21(13-16-42)25-7-8-26(47-25)32-37-20-40(2)39-32/h5-10,12,17,20,23,35H,4,11,13-16,18-19,34H2,1-3H3/t23-/m1/s1. The first-order valence-electron chi connectivity index (χ1n) is 15.6. The molecule has 3 N–H and O–H groups in total. The van der Waals surface area contributed by atoms with Crippen LogP contribution in [0.3, 0.4) is 0 Å². The lowest BCUT2D eigenvalue weighted by Gasteiger charge is -2.28. The number of aryl methyl sites for hydroxylation is 1. The highest BCUT2D eigenvalue weighted by Crippen LogP contribution is 2.33. The summed E-state index contributed by atoms with van der Waals surface area (Å²) in [6, 6.07) is 10.9. The number of thiophene rings is 1. The average molecular weight is 655 g/mol. The number of anilines is 2. The molecule has 47 heavy (non-hydrogen) atoms. The minimum Gasteiger partial charge on any atom is -0.481 e. The summed E-state index contributed by atoms with van der Waals surface area (Å²) in [6.07, 6.45) is 6.81. The van der Waals surface area contributed by atoms with Crippen molar-refractivity contribution in [1.82, 2.24) is 34.5 Å². The van der Waals surface area contributed by atoms with Crippen molar-refractivity contribution in [2.45, 2.75) is 19.8 Å². The number of hydrogen-bond acceptors (Lipinski definition) is 11. The van der Waals surface area contributed by atoms with Crippen molar-refractivity contribution in [2.75, 3.05) is 57.0 Å². The average Bonchev–Trinajstić information content (AvgIpc) is 3.87. The first-order chi connectivity index (χ1) is 22.7. The van der Waals surface area contributed by atoms with Crippen LogP contribution in [0.4, 0.5) is 11.5 Å². The van der Waals surface area contributed by atoms with Gasteiger partial charge in [-0.1, -0.05) is 6.08 Å². The van der Waals surface area contributed by atoms with E-state index < -0.39 is 0 Å². The number of nitrogen functional groups attached to an aromatic ring is 1. The van der Waals surface area contributed by atoms with Crippen molar-refractivity contribution < 1.29 is 14.3 Å². The molecule has 2 aliphatic heterocycles. The van der Waals surface area contributed by atoms with E-state index in [1.165, 1.54) is 23.8 Å². The van der Waals surface area contributed by atoms with Gasteiger partial charge >= 0.3 is 0 Å². The predicted molar refractivity (Wildman–Crippen MR) is 181 cm³/mol. The maximum atomic E-state index is 13.7. The normalized spacial score (nSPS) is 16.6. The van der Waals surface area contributed by atoms with Crippen LogP contribution in [0.25, 0.3) is 16.3 Å². The Balaban J connectivity index is 1.04. The summed E-state index contributed by atoms with van der Waals surface area (Å²) in [5, 5.41) is 13.1. The number of methoxy groups -OCH3 is 1. The van der Waals surface area contributed by atoms with Crippen LogP contribution in [-0.2, 0) is 16.6 Å². The van der Waals surface area contributed by atoms with Gasteiger partial charge in [-0.15, -0.1) is 11.3 Å². The quantitative estimate of drug-likeness (QED) is 0.245. The minimum atomic E-state index is -0.259. The number of hydrogen-bond donors (Lipinski definition) is 2. The van der Waals surface area contributed by atoms with Crippen molar-refractivity contribution in [2.24, 2.45) is 13.0 Å². The third-order valence-electron chi connectivity index (χ3n) is 8.53. The molecule has 0 aliphatic carbocycles. The smallest absolute Gasteiger partial charge is 0.237 e. The number of rotatable bonds is 10. The molecule has 0 unspecified atom stereocenters. The lowest BCUT2D eigenvalue weighted by atomic mass is 10.1. The molecule has 4 aromatic heterocycles. The van der Waals surface area contributed by atoms with Crippen molar-refractivity contribution in [1.29, 1.82) is 5.41 Å². The van der Waals surface area contributed by atoms with Crippen LogP contribution in [0.2, 0.25) is 0 Å². The number of amides is 2. The number of carbonyl (C=O) groups excluding carboxylic acids is 2. The summed E-state index contributed by atoms with van der Waals surface area (Å²) in [4.78, 5) is 47.9. The minimum absolute atomic E-state index is 0.0508. The third kappa shape index (κ3) is 6.93. The van der Waals surface area contributed by atoms with Crippen LogP contribution in [0.5, 0.6) is 5.88 Å². The zero-order valence-corrected chi connectivity index (χ0v) is 27.5. The lowest BCUT2D eigenvalue weighted by molar-refractivity contribution is -0.132. The number of nitrogens with one attached hydrogen (secondary N) is 1. The molecule has 4 aromatic rings. The topological polar surface area (TPSA) is 159 Å². The Kier molecular flexibility index (Phi) is 9.41. The van der Waals surface area contributed by atoms with Crippen LogP contribution in [-0.4, -0.2) is 98.4 Å². The second kappa shape index (κ2) is 13.8. The SMILES string of the molecule is CCN(C(=O)[C@@H]1CCN(CC(=O)N2CC=C(c3ccc(-c4ncn(C)n4)s3)CC2)C1)c1ccc(N)c(C(=N)c2ccc(OC)nc2)n1. The predicted octanol–water partition coefficient (Wildman–Crippen LogP) is 3.33. The van der Waals surface area contributed by atoms with Gasteiger partial charge in [-0.05, 0) is 62.2 Å². The number of likely N-dealkylation sites (tertiary alicyclic amines) is 1. The molecule has 6 heterocycles. The zero-order valence-electron chi connectivity index (χ0n) is 26.7. The first-order valence-corrected chi connectivity index (χ1v) is 16.4. The van der Waals surface area contributed by atoms with Gasteiger partial charge in [0.05, 0.1) is 35.8 Å². The molecular formula is C33H38N10O3S. The molecule has 244 valence electrons. The molecule has 13 nitrogen and oxygen atoms in total. The van der Waals surface area contributed by atoms with Crippen molar-refractivity contribution in [3.05, 3.63) is 71.1 Å². The van der Waals surface area contributed by atoms with Gasteiger partial charge in [0, 0.05) is 55.9 Å². The maximum absolute atomic E-state index is 13.7. The highest BCUT2D eigenvalue weighted by Gasteiger charge is 2.34. The Morgan fingerprint density at radius 2 is 1.96 bits per heavy atom. The Hall–Kier alpha value is -4.95. The summed E-state index contributed by atoms with van der Waals surface area (Å²) in [7, 11) is 3.38. The van der Waals surface area contributed by atoms with E-state index in [2.05, 4.69) is 37.1 Å². The van der Waals surface area contributed by atoms with Gasteiger partial charge in [0.1, 0.15) is 17.8 Å². The van der Waals surface area contributed by atoms with Crippen molar-refractivity contribution in [3.63, 3.8) is 0 Å². The first kappa shape index (κ1) is 32.0. The van der Waals surface area contributed by atoms with Gasteiger partial charge in [0.2, 0.25) is 17.7 Å². The van der Waals surface area contributed by atoms with Crippen LogP contribution >= 0.6 is 11.3 Å². The fraction of sp³-hybridized carbons (Fsp3) is 0.364. The van der Waals surface area contributed by atoms with Crippen LogP contribution in [0.1, 0.15) is 35.9 Å². The van der Waals surface area contributed by atoms with Gasteiger partial charge in [0.25, 0.3) is 0 Å². The second-order valence-electron chi connectivity index (χ2n) is 11.6. The van der Waals surface area contributed by atoms with Crippen LogP contribution < -0.4 is 15.4 Å². The van der Waals surface area contributed by atoms with Crippen molar-refractivity contribution >= 4 is 45.9 Å². The maximum Gasteiger partial charge on any atom is 0.237 e. The zero-order chi connectivity index (χ0) is 33.1. The van der Waals surface area contributed by atoms with E-state index in [1.807, 2.05) is 24.9 Å². The fourth-order valence-electron chi connectivity index (χ4n) is 5.92. The molecular weight excluding hydrogens is 616 g/mol. The van der Waals surface area contributed by atoms with Gasteiger partial charge in [-0.2, -0.15) is 5.10 Å². The summed E-state index contributed by atoms with van der Waals surface area (Å²) in [6.45, 7) is 4.99. The van der Waals surface area contributed by atoms with Crippen LogP contribution in [0.15, 0.2) is 55.0 Å². The van der Waals surface area contributed by atoms with Gasteiger partial charge in [0.15, 0.2) is 5.82 Å². The van der Waals surface area contributed by atoms with E-state index in [1.54, 1.807) is 51.5 Å². The highest BCUT2D eigenvalue weighted by molar-refractivity contribution is 7.16. The number of ether oxygens (including phenoxy) is 1. The summed E-state index contributed by atoms with van der Waals surface area (Å²) in [5.74, 6) is 1.36. The van der Waals surface area contributed by atoms with E-state index in [0.717, 1.165) is 17.1 Å². The van der Waals surface area contributed by atoms with Gasteiger partial charge < -0.3 is 15.4 Å². The third-order valence-corrected chi connectivity index (χ3v) is 9.68. The van der Waals surface area contributed by atoms with E-state index in [9.17, 15) is 9.59 Å². The summed E-state index contributed by atoms with van der Waals surface area (Å²) in [5.41, 5.74) is 8.71. The molecule has 1 saturated heterocycles. The van der Waals surface area contributed by atoms with E-state index in [4.69, 9.17) is 15.9 Å². The second-order valence-corrected chi connectivity index (χ2v) is 12.7. The van der Waals surface area contributed by atoms with Gasteiger partial charge in [-0.25, -0.2) is 15.0 Å². The molecule has 0 spiro atoms. The number of nitrogens with zero attached hydrogens (tertiary/aromatic N) is 8. The molecule has 6 rings (SSSR count). The molecule has 2 amide bonds. The number of carbonyl (C=O) groups is 2. The van der Waals surface area contributed by atoms with Crippen molar-refractivity contribution in [3.8, 4) is 16.6 Å². The summed E-state index contributed by atoms with van der Waals surface area (Å²) < 4.78 is 6.81. The van der Waals surface area contributed by atoms with E-state index in [-0.39, 0.29) is 35.7 Å². The van der Waals surface area contributed by atoms with E-state index in [0.29, 0.717) is 62.1 Å². The Morgan fingerprint density at radius 3 is 2.64 bits per heavy atom. The number of nitrogens with two attached hydrogens (primary N) is 1. The molecule has 0 aromatic carbocycles.